The Morgan fingerprint density at radius 2 is 1.51 bits per heavy atom. The molecule has 4 amide bonds. The molecule has 0 spiro atoms. The van der Waals surface area contributed by atoms with E-state index in [1.54, 1.807) is 61.5 Å². The topological polar surface area (TPSA) is 125 Å². The van der Waals surface area contributed by atoms with Gasteiger partial charge in [0.15, 0.2) is 0 Å². The Bertz CT molecular complexity index is 1390. The Labute approximate surface area is 202 Å². The molecular formula is C25H22N4O5S. The highest BCUT2D eigenvalue weighted by atomic mass is 32.2. The van der Waals surface area contributed by atoms with Gasteiger partial charge in [-0.15, -0.1) is 0 Å². The summed E-state index contributed by atoms with van der Waals surface area (Å²) in [7, 11) is -3.78. The number of nitrogens with zero attached hydrogens (tertiary/aromatic N) is 1. The van der Waals surface area contributed by atoms with Crippen LogP contribution in [0.2, 0.25) is 0 Å². The first kappa shape index (κ1) is 23.7. The van der Waals surface area contributed by atoms with E-state index in [9.17, 15) is 22.8 Å². The highest BCUT2D eigenvalue weighted by Crippen LogP contribution is 2.27. The first-order valence-corrected chi connectivity index (χ1v) is 12.1. The average molecular weight is 491 g/mol. The minimum absolute atomic E-state index is 0.127. The number of carbonyl (C=O) groups excluding carboxylic acids is 3. The van der Waals surface area contributed by atoms with E-state index in [0.717, 1.165) is 11.0 Å². The van der Waals surface area contributed by atoms with Crippen molar-refractivity contribution < 1.29 is 22.8 Å². The Kier molecular flexibility index (Phi) is 6.39. The van der Waals surface area contributed by atoms with Crippen LogP contribution in [0.1, 0.15) is 28.4 Å². The molecule has 1 fully saturated rings. The number of nitrogens with one attached hydrogen (secondary N) is 3. The van der Waals surface area contributed by atoms with Gasteiger partial charge in [-0.1, -0.05) is 60.7 Å². The molecule has 0 aliphatic carbocycles. The number of hydrogen-bond acceptors (Lipinski definition) is 5. The molecule has 1 unspecified atom stereocenters. The molecule has 4 rings (SSSR count). The zero-order valence-corrected chi connectivity index (χ0v) is 19.5. The lowest BCUT2D eigenvalue weighted by molar-refractivity contribution is -0.132. The molecule has 3 N–H and O–H groups in total. The number of hydrogen-bond donors (Lipinski definition) is 3. The lowest BCUT2D eigenvalue weighted by Crippen LogP contribution is -2.47. The van der Waals surface area contributed by atoms with Crippen molar-refractivity contribution in [1.29, 1.82) is 0 Å². The van der Waals surface area contributed by atoms with Gasteiger partial charge in [0.1, 0.15) is 5.54 Å². The number of rotatable bonds is 7. The summed E-state index contributed by atoms with van der Waals surface area (Å²) in [4.78, 5) is 38.0. The zero-order valence-electron chi connectivity index (χ0n) is 18.6. The number of hydrazine groups is 1. The van der Waals surface area contributed by atoms with Crippen LogP contribution in [0.5, 0.6) is 0 Å². The van der Waals surface area contributed by atoms with Crippen LogP contribution in [0, 0.1) is 0 Å². The van der Waals surface area contributed by atoms with Gasteiger partial charge in [-0.25, -0.2) is 13.2 Å². The molecular weight excluding hydrogens is 468 g/mol. The van der Waals surface area contributed by atoms with Crippen LogP contribution < -0.4 is 15.5 Å². The van der Waals surface area contributed by atoms with Gasteiger partial charge in [0.2, 0.25) is 0 Å². The molecule has 3 aromatic carbocycles. The maximum absolute atomic E-state index is 12.9. The molecule has 0 bridgehead atoms. The van der Waals surface area contributed by atoms with E-state index in [2.05, 4.69) is 15.5 Å². The van der Waals surface area contributed by atoms with Crippen LogP contribution in [0.4, 0.5) is 10.5 Å². The fraction of sp³-hybridized carbons (Fsp3) is 0.0800. The number of amides is 4. The number of anilines is 1. The third-order valence-corrected chi connectivity index (χ3v) is 6.42. The minimum atomic E-state index is -3.78. The summed E-state index contributed by atoms with van der Waals surface area (Å²) in [5.74, 6) is -1.33. The van der Waals surface area contributed by atoms with Crippen LogP contribution in [0.3, 0.4) is 0 Å². The van der Waals surface area contributed by atoms with Crippen molar-refractivity contribution in [3.8, 4) is 0 Å². The summed E-state index contributed by atoms with van der Waals surface area (Å²) < 4.78 is 27.0. The fourth-order valence-electron chi connectivity index (χ4n) is 3.49. The molecule has 178 valence electrons. The van der Waals surface area contributed by atoms with Crippen LogP contribution in [-0.2, 0) is 20.4 Å². The third kappa shape index (κ3) is 5.22. The van der Waals surface area contributed by atoms with E-state index >= 15 is 0 Å². The molecule has 1 aliphatic rings. The van der Waals surface area contributed by atoms with Gasteiger partial charge >= 0.3 is 6.03 Å². The Morgan fingerprint density at radius 1 is 0.914 bits per heavy atom. The Morgan fingerprint density at radius 3 is 2.14 bits per heavy atom. The highest BCUT2D eigenvalue weighted by molar-refractivity contribution is 7.95. The second kappa shape index (κ2) is 9.43. The molecule has 3 aromatic rings. The minimum Gasteiger partial charge on any atom is -0.318 e. The molecule has 1 heterocycles. The molecule has 9 nitrogen and oxygen atoms in total. The molecule has 0 radical (unpaired) electrons. The third-order valence-electron chi connectivity index (χ3n) is 5.40. The summed E-state index contributed by atoms with van der Waals surface area (Å²) in [5.41, 5.74) is 2.67. The summed E-state index contributed by atoms with van der Waals surface area (Å²) in [5, 5.41) is 4.29. The van der Waals surface area contributed by atoms with Gasteiger partial charge in [-0.05, 0) is 48.4 Å². The quantitative estimate of drug-likeness (QED) is 0.439. The standard InChI is InChI=1S/C25H22N4O5S/c1-25(20-10-6-3-7-11-20)23(31)29(24(32)26-25)27-22(30)19-12-14-21(15-13-19)28-35(33,34)17-16-18-8-4-2-5-9-18/h2-17,28H,1H3,(H,26,32)(H,27,30)/b17-16+. The average Bonchev–Trinajstić information content (AvgIpc) is 3.08. The van der Waals surface area contributed by atoms with Gasteiger partial charge in [-0.3, -0.25) is 19.7 Å². The van der Waals surface area contributed by atoms with Crippen molar-refractivity contribution >= 4 is 39.6 Å². The molecule has 0 saturated carbocycles. The second-order valence-electron chi connectivity index (χ2n) is 7.94. The molecule has 1 atom stereocenters. The van der Waals surface area contributed by atoms with E-state index in [4.69, 9.17) is 0 Å². The van der Waals surface area contributed by atoms with E-state index in [1.807, 2.05) is 6.07 Å². The van der Waals surface area contributed by atoms with Crippen molar-refractivity contribution in [3.05, 3.63) is 107 Å². The van der Waals surface area contributed by atoms with Crippen LogP contribution in [-0.4, -0.2) is 31.3 Å². The molecule has 1 aliphatic heterocycles. The fourth-order valence-corrected chi connectivity index (χ4v) is 4.36. The predicted octanol–water partition coefficient (Wildman–Crippen LogP) is 3.21. The Balaban J connectivity index is 1.41. The summed E-state index contributed by atoms with van der Waals surface area (Å²) in [6, 6.07) is 22.5. The van der Waals surface area contributed by atoms with E-state index < -0.39 is 33.4 Å². The second-order valence-corrected chi connectivity index (χ2v) is 9.51. The van der Waals surface area contributed by atoms with E-state index in [-0.39, 0.29) is 11.3 Å². The number of urea groups is 1. The first-order chi connectivity index (χ1) is 16.7. The lowest BCUT2D eigenvalue weighted by Gasteiger charge is -2.22. The van der Waals surface area contributed by atoms with Crippen molar-refractivity contribution in [2.75, 3.05) is 4.72 Å². The van der Waals surface area contributed by atoms with Crippen molar-refractivity contribution in [1.82, 2.24) is 15.8 Å². The number of carbonyl (C=O) groups is 3. The number of benzene rings is 3. The van der Waals surface area contributed by atoms with Gasteiger partial charge < -0.3 is 5.32 Å². The maximum atomic E-state index is 12.9. The molecule has 0 aromatic heterocycles. The van der Waals surface area contributed by atoms with Crippen LogP contribution in [0.15, 0.2) is 90.3 Å². The zero-order chi connectivity index (χ0) is 25.1. The molecule has 1 saturated heterocycles. The molecule has 10 heteroatoms. The van der Waals surface area contributed by atoms with Crippen molar-refractivity contribution in [2.24, 2.45) is 0 Å². The number of imide groups is 1. The summed E-state index contributed by atoms with van der Waals surface area (Å²) in [6.07, 6.45) is 1.46. The maximum Gasteiger partial charge on any atom is 0.344 e. The van der Waals surface area contributed by atoms with Crippen molar-refractivity contribution in [2.45, 2.75) is 12.5 Å². The lowest BCUT2D eigenvalue weighted by atomic mass is 9.92. The summed E-state index contributed by atoms with van der Waals surface area (Å²) in [6.45, 7) is 1.56. The van der Waals surface area contributed by atoms with Crippen LogP contribution >= 0.6 is 0 Å². The first-order valence-electron chi connectivity index (χ1n) is 10.6. The predicted molar refractivity (Wildman–Crippen MR) is 131 cm³/mol. The van der Waals surface area contributed by atoms with Crippen molar-refractivity contribution in [3.63, 3.8) is 0 Å². The van der Waals surface area contributed by atoms with Gasteiger partial charge in [-0.2, -0.15) is 5.01 Å². The Hall–Kier alpha value is -4.44. The smallest absolute Gasteiger partial charge is 0.318 e. The van der Waals surface area contributed by atoms with E-state index in [1.165, 1.54) is 30.3 Å². The molecule has 35 heavy (non-hydrogen) atoms. The monoisotopic (exact) mass is 490 g/mol. The van der Waals surface area contributed by atoms with Gasteiger partial charge in [0.25, 0.3) is 21.8 Å². The highest BCUT2D eigenvalue weighted by Gasteiger charge is 2.50. The summed E-state index contributed by atoms with van der Waals surface area (Å²) >= 11 is 0. The van der Waals surface area contributed by atoms with Crippen LogP contribution in [0.25, 0.3) is 6.08 Å². The SMILES string of the molecule is CC1(c2ccccc2)NC(=O)N(NC(=O)c2ccc(NS(=O)(=O)/C=C/c3ccccc3)cc2)C1=O. The normalized spacial score (nSPS) is 17.9. The van der Waals surface area contributed by atoms with Gasteiger partial charge in [0, 0.05) is 11.3 Å². The van der Waals surface area contributed by atoms with E-state index in [0.29, 0.717) is 10.6 Å². The number of sulfonamides is 1. The largest absolute Gasteiger partial charge is 0.344 e. The van der Waals surface area contributed by atoms with Gasteiger partial charge in [0.05, 0.1) is 5.41 Å².